The first-order valence-corrected chi connectivity index (χ1v) is 2.86. The third kappa shape index (κ3) is 3.03. The average Bonchev–Trinajstić information content (AvgIpc) is 2.05. The Morgan fingerprint density at radius 1 is 1.27 bits per heavy atom. The fraction of sp³-hybridized carbons (Fsp3) is 0. The minimum atomic E-state index is -0.374. The molecule has 2 N–H and O–H groups in total. The number of carbonyl (C=O) groups excluding carboxylic acids is 1. The summed E-state index contributed by atoms with van der Waals surface area (Å²) >= 11 is 0. The van der Waals surface area contributed by atoms with Crippen molar-refractivity contribution in [1.29, 1.82) is 0 Å². The first-order chi connectivity index (χ1) is 4.84. The summed E-state index contributed by atoms with van der Waals surface area (Å²) < 4.78 is 0. The van der Waals surface area contributed by atoms with Gasteiger partial charge >= 0.3 is 29.6 Å². The number of carbonyl (C=O) groups is 1. The summed E-state index contributed by atoms with van der Waals surface area (Å²) in [5.41, 5.74) is 2.30. The molecule has 0 aliphatic rings. The zero-order valence-electron chi connectivity index (χ0n) is 6.29. The van der Waals surface area contributed by atoms with Gasteiger partial charge in [-0.25, -0.2) is 0 Å². The fourth-order valence-electron chi connectivity index (χ4n) is 0.662. The van der Waals surface area contributed by atoms with Crippen LogP contribution in [0.2, 0.25) is 0 Å². The van der Waals surface area contributed by atoms with Gasteiger partial charge in [-0.3, -0.25) is 4.79 Å². The largest absolute Gasteiger partial charge is 1.00 e. The maximum Gasteiger partial charge on any atom is 1.00 e. The van der Waals surface area contributed by atoms with Crippen molar-refractivity contribution in [3.63, 3.8) is 0 Å². The molecule has 0 unspecified atom stereocenters. The fourth-order valence-corrected chi connectivity index (χ4v) is 0.662. The average molecular weight is 158 g/mol. The summed E-state index contributed by atoms with van der Waals surface area (Å²) in [6.45, 7) is 0. The van der Waals surface area contributed by atoms with E-state index < -0.39 is 0 Å². The van der Waals surface area contributed by atoms with E-state index in [1.165, 1.54) is 0 Å². The Kier molecular flexibility index (Phi) is 5.15. The van der Waals surface area contributed by atoms with Gasteiger partial charge in [0.15, 0.2) is 0 Å². The Hall–Kier alpha value is -0.350. The zero-order valence-corrected chi connectivity index (χ0v) is 8.29. The van der Waals surface area contributed by atoms with Crippen LogP contribution in [0.3, 0.4) is 0 Å². The third-order valence-electron chi connectivity index (χ3n) is 1.15. The maximum atomic E-state index is 10.7. The molecule has 0 aliphatic heterocycles. The minimum Gasteiger partial charge on any atom is -0.584 e. The minimum absolute atomic E-state index is 0. The van der Waals surface area contributed by atoms with E-state index in [1.807, 2.05) is 6.07 Å². The van der Waals surface area contributed by atoms with Crippen LogP contribution >= 0.6 is 0 Å². The molecule has 11 heavy (non-hydrogen) atoms. The van der Waals surface area contributed by atoms with Crippen molar-refractivity contribution in [2.45, 2.75) is 0 Å². The number of amides is 1. The molecule has 0 atom stereocenters. The van der Waals surface area contributed by atoms with Gasteiger partial charge in [-0.2, -0.15) is 0 Å². The monoisotopic (exact) mass is 158 g/mol. The molecule has 0 saturated heterocycles. The predicted molar refractivity (Wildman–Crippen MR) is 38.2 cm³/mol. The van der Waals surface area contributed by atoms with Crippen molar-refractivity contribution >= 4 is 5.91 Å². The molecule has 0 fully saturated rings. The van der Waals surface area contributed by atoms with Gasteiger partial charge in [0.25, 0.3) is 0 Å². The molecule has 52 valence electrons. The van der Waals surface area contributed by atoms with Crippen LogP contribution in [0.5, 0.6) is 0 Å². The summed E-state index contributed by atoms with van der Waals surface area (Å²) in [7, 11) is 0. The van der Waals surface area contributed by atoms with Crippen LogP contribution < -0.4 is 35.0 Å². The van der Waals surface area contributed by atoms with Crippen molar-refractivity contribution in [2.24, 2.45) is 0 Å². The second kappa shape index (κ2) is 5.32. The second-order valence-corrected chi connectivity index (χ2v) is 1.82. The molecule has 3 nitrogen and oxygen atoms in total. The first-order valence-electron chi connectivity index (χ1n) is 2.86. The van der Waals surface area contributed by atoms with Gasteiger partial charge in [-0.05, 0) is 12.1 Å². The predicted octanol–water partition coefficient (Wildman–Crippen LogP) is -1.61. The van der Waals surface area contributed by atoms with Crippen LogP contribution in [0, 0.1) is 0 Å². The SMILES string of the molecule is [NH-]NC(=O)c1ccccc1.[Na+]. The summed E-state index contributed by atoms with van der Waals surface area (Å²) in [5, 5.41) is 0. The van der Waals surface area contributed by atoms with Crippen molar-refractivity contribution in [2.75, 3.05) is 0 Å². The first kappa shape index (κ1) is 10.7. The summed E-state index contributed by atoms with van der Waals surface area (Å²) in [6, 6.07) is 8.64. The smallest absolute Gasteiger partial charge is 0.584 e. The standard InChI is InChI=1S/C7H7N2O.Na/c8-9-7(10)6-4-2-1-3-5-6;/h1-5,8H,(H,9,10);/q-1;+1. The Morgan fingerprint density at radius 3 is 2.27 bits per heavy atom. The van der Waals surface area contributed by atoms with E-state index in [0.717, 1.165) is 0 Å². The number of benzene rings is 1. The van der Waals surface area contributed by atoms with Crippen LogP contribution in [0.25, 0.3) is 5.84 Å². The Morgan fingerprint density at radius 2 is 1.82 bits per heavy atom. The van der Waals surface area contributed by atoms with Crippen LogP contribution in [0.1, 0.15) is 10.4 Å². The molecule has 0 heterocycles. The number of nitrogens with one attached hydrogen (secondary N) is 2. The van der Waals surface area contributed by atoms with E-state index in [4.69, 9.17) is 5.84 Å². The Labute approximate surface area is 87.2 Å². The van der Waals surface area contributed by atoms with Crippen LogP contribution in [0.4, 0.5) is 0 Å². The third-order valence-corrected chi connectivity index (χ3v) is 1.15. The molecule has 1 rings (SSSR count). The van der Waals surface area contributed by atoms with Crippen molar-refractivity contribution in [3.05, 3.63) is 41.7 Å². The van der Waals surface area contributed by atoms with Crippen LogP contribution in [0.15, 0.2) is 30.3 Å². The molecule has 0 bridgehead atoms. The molecular formula is C7H7N2NaO. The Balaban J connectivity index is 0.000001000. The molecule has 1 aromatic rings. The molecule has 1 aromatic carbocycles. The molecular weight excluding hydrogens is 151 g/mol. The van der Waals surface area contributed by atoms with Crippen molar-refractivity contribution in [3.8, 4) is 0 Å². The summed E-state index contributed by atoms with van der Waals surface area (Å²) in [5.74, 6) is 6.17. The van der Waals surface area contributed by atoms with Crippen molar-refractivity contribution < 1.29 is 34.4 Å². The summed E-state index contributed by atoms with van der Waals surface area (Å²) in [6.07, 6.45) is 0. The Bertz CT molecular complexity index is 225. The van der Waals surface area contributed by atoms with Gasteiger partial charge in [0.1, 0.15) is 0 Å². The van der Waals surface area contributed by atoms with E-state index >= 15 is 0 Å². The molecule has 1 amide bonds. The van der Waals surface area contributed by atoms with E-state index in [-0.39, 0.29) is 35.5 Å². The molecule has 0 aliphatic carbocycles. The molecule has 0 spiro atoms. The van der Waals surface area contributed by atoms with Gasteiger partial charge in [0.05, 0.1) is 0 Å². The van der Waals surface area contributed by atoms with Gasteiger partial charge in [0, 0.05) is 5.56 Å². The normalized spacial score (nSPS) is 8.09. The van der Waals surface area contributed by atoms with E-state index in [9.17, 15) is 4.79 Å². The quantitative estimate of drug-likeness (QED) is 0.388. The molecule has 0 radical (unpaired) electrons. The second-order valence-electron chi connectivity index (χ2n) is 1.82. The molecule has 0 saturated carbocycles. The van der Waals surface area contributed by atoms with E-state index in [1.54, 1.807) is 29.7 Å². The van der Waals surface area contributed by atoms with Gasteiger partial charge in [-0.1, -0.05) is 18.2 Å². The van der Waals surface area contributed by atoms with Gasteiger partial charge in [-0.15, -0.1) is 0 Å². The number of hydrogen-bond acceptors (Lipinski definition) is 1. The van der Waals surface area contributed by atoms with Gasteiger partial charge < -0.3 is 11.3 Å². The van der Waals surface area contributed by atoms with E-state index in [0.29, 0.717) is 5.56 Å². The maximum absolute atomic E-state index is 10.7. The molecule has 0 aromatic heterocycles. The molecule has 4 heteroatoms. The van der Waals surface area contributed by atoms with Crippen molar-refractivity contribution in [1.82, 2.24) is 5.43 Å². The van der Waals surface area contributed by atoms with Crippen LogP contribution in [-0.4, -0.2) is 5.91 Å². The topological polar surface area (TPSA) is 52.9 Å². The number of hydrogen-bond donors (Lipinski definition) is 1. The van der Waals surface area contributed by atoms with E-state index in [2.05, 4.69) is 0 Å². The van der Waals surface area contributed by atoms with Gasteiger partial charge in [0.2, 0.25) is 5.91 Å². The zero-order chi connectivity index (χ0) is 7.40. The van der Waals surface area contributed by atoms with Crippen LogP contribution in [-0.2, 0) is 0 Å². The summed E-state index contributed by atoms with van der Waals surface area (Å²) in [4.78, 5) is 10.7. The number of rotatable bonds is 1.